The monoisotopic (exact) mass is 510 g/mol. The van der Waals surface area contributed by atoms with Gasteiger partial charge in [-0.2, -0.15) is 9.97 Å². The van der Waals surface area contributed by atoms with Crippen molar-refractivity contribution >= 4 is 28.3 Å². The van der Waals surface area contributed by atoms with Crippen LogP contribution >= 0.6 is 11.6 Å². The molecule has 36 heavy (non-hydrogen) atoms. The van der Waals surface area contributed by atoms with E-state index in [1.165, 1.54) is 6.07 Å². The molecule has 1 atom stereocenters. The first kappa shape index (κ1) is 24.3. The highest BCUT2D eigenvalue weighted by molar-refractivity contribution is 6.34. The van der Waals surface area contributed by atoms with Crippen LogP contribution in [0.15, 0.2) is 42.7 Å². The Hall–Kier alpha value is -3.43. The van der Waals surface area contributed by atoms with Gasteiger partial charge in [0.05, 0.1) is 11.6 Å². The summed E-state index contributed by atoms with van der Waals surface area (Å²) in [4.78, 5) is 19.5. The molecule has 1 N–H and O–H groups in total. The van der Waals surface area contributed by atoms with E-state index in [1.807, 2.05) is 0 Å². The fourth-order valence-corrected chi connectivity index (χ4v) is 4.75. The van der Waals surface area contributed by atoms with Crippen molar-refractivity contribution in [2.75, 3.05) is 31.1 Å². The maximum atomic E-state index is 16.1. The highest BCUT2D eigenvalue weighted by Gasteiger charge is 2.26. The Bertz CT molecular complexity index is 1380. The Kier molecular flexibility index (Phi) is 6.93. The third-order valence-electron chi connectivity index (χ3n) is 6.16. The van der Waals surface area contributed by atoms with Gasteiger partial charge >= 0.3 is 6.01 Å². The van der Waals surface area contributed by atoms with E-state index in [0.717, 1.165) is 6.54 Å². The predicted octanol–water partition coefficient (Wildman–Crippen LogP) is 4.75. The van der Waals surface area contributed by atoms with E-state index in [2.05, 4.69) is 37.1 Å². The number of piperazine rings is 1. The van der Waals surface area contributed by atoms with Gasteiger partial charge in [-0.1, -0.05) is 23.7 Å². The molecular formula is C26H25ClF2N6O. The van der Waals surface area contributed by atoms with Gasteiger partial charge < -0.3 is 15.0 Å². The SMILES string of the molecule is Cc1cccc(F)c1-c1c(Cl)cc2c(N3CCNC(C)C3)nc(OCCc3ncccn3)nc2c1F. The average Bonchev–Trinajstić information content (AvgIpc) is 2.86. The zero-order valence-electron chi connectivity index (χ0n) is 19.9. The number of anilines is 1. The first-order valence-electron chi connectivity index (χ1n) is 11.7. The van der Waals surface area contributed by atoms with Gasteiger partial charge in [-0.15, -0.1) is 0 Å². The first-order valence-corrected chi connectivity index (χ1v) is 12.1. The lowest BCUT2D eigenvalue weighted by Gasteiger charge is -2.33. The van der Waals surface area contributed by atoms with Gasteiger partial charge in [-0.25, -0.2) is 18.7 Å². The summed E-state index contributed by atoms with van der Waals surface area (Å²) in [6.45, 7) is 6.07. The number of aryl methyl sites for hydroxylation is 1. The molecule has 1 fully saturated rings. The molecule has 2 aromatic heterocycles. The molecule has 1 saturated heterocycles. The molecule has 2 aromatic carbocycles. The lowest BCUT2D eigenvalue weighted by Crippen LogP contribution is -2.49. The van der Waals surface area contributed by atoms with E-state index >= 15 is 4.39 Å². The molecule has 1 unspecified atom stereocenters. The zero-order valence-corrected chi connectivity index (χ0v) is 20.7. The zero-order chi connectivity index (χ0) is 25.2. The third-order valence-corrected chi connectivity index (χ3v) is 6.46. The first-order chi connectivity index (χ1) is 17.4. The van der Waals surface area contributed by atoms with E-state index in [-0.39, 0.29) is 40.3 Å². The largest absolute Gasteiger partial charge is 0.463 e. The van der Waals surface area contributed by atoms with Crippen LogP contribution in [0, 0.1) is 18.6 Å². The fourth-order valence-electron chi connectivity index (χ4n) is 4.46. The minimum absolute atomic E-state index is 0.0250. The summed E-state index contributed by atoms with van der Waals surface area (Å²) in [7, 11) is 0. The lowest BCUT2D eigenvalue weighted by atomic mass is 9.97. The highest BCUT2D eigenvalue weighted by atomic mass is 35.5. The van der Waals surface area contributed by atoms with Crippen LogP contribution in [-0.4, -0.2) is 52.2 Å². The number of halogens is 3. The molecule has 186 valence electrons. The van der Waals surface area contributed by atoms with Crippen LogP contribution in [0.25, 0.3) is 22.0 Å². The van der Waals surface area contributed by atoms with Crippen molar-refractivity contribution in [1.29, 1.82) is 0 Å². The molecule has 0 saturated carbocycles. The van der Waals surface area contributed by atoms with Crippen LogP contribution in [0.3, 0.4) is 0 Å². The Labute approximate surface area is 212 Å². The third kappa shape index (κ3) is 4.81. The smallest absolute Gasteiger partial charge is 0.319 e. The number of aromatic nitrogens is 4. The summed E-state index contributed by atoms with van der Waals surface area (Å²) in [6, 6.07) is 8.17. The minimum atomic E-state index is -0.714. The van der Waals surface area contributed by atoms with Crippen molar-refractivity contribution in [2.24, 2.45) is 0 Å². The highest BCUT2D eigenvalue weighted by Crippen LogP contribution is 2.40. The molecule has 0 aliphatic carbocycles. The van der Waals surface area contributed by atoms with Gasteiger partial charge in [0.1, 0.15) is 23.0 Å². The summed E-state index contributed by atoms with van der Waals surface area (Å²) < 4.78 is 36.8. The second-order valence-electron chi connectivity index (χ2n) is 8.77. The second kappa shape index (κ2) is 10.3. The fraction of sp³-hybridized carbons (Fsp3) is 0.308. The van der Waals surface area contributed by atoms with Gasteiger partial charge in [0.25, 0.3) is 0 Å². The number of rotatable bonds is 6. The summed E-state index contributed by atoms with van der Waals surface area (Å²) >= 11 is 6.58. The molecule has 7 nitrogen and oxygen atoms in total. The van der Waals surface area contributed by atoms with Crippen LogP contribution in [0.1, 0.15) is 18.3 Å². The second-order valence-corrected chi connectivity index (χ2v) is 9.18. The van der Waals surface area contributed by atoms with Gasteiger partial charge in [0.15, 0.2) is 5.82 Å². The molecule has 1 aliphatic heterocycles. The van der Waals surface area contributed by atoms with E-state index in [1.54, 1.807) is 43.6 Å². The molecule has 1 aliphatic rings. The summed E-state index contributed by atoms with van der Waals surface area (Å²) in [5.74, 6) is -0.130. The van der Waals surface area contributed by atoms with Crippen LogP contribution in [-0.2, 0) is 6.42 Å². The molecular weight excluding hydrogens is 486 g/mol. The average molecular weight is 511 g/mol. The molecule has 0 bridgehead atoms. The molecule has 4 aromatic rings. The van der Waals surface area contributed by atoms with Crippen molar-refractivity contribution in [3.05, 3.63) is 70.8 Å². The van der Waals surface area contributed by atoms with Crippen molar-refractivity contribution in [1.82, 2.24) is 25.3 Å². The van der Waals surface area contributed by atoms with E-state index in [9.17, 15) is 4.39 Å². The maximum absolute atomic E-state index is 16.1. The molecule has 0 radical (unpaired) electrons. The maximum Gasteiger partial charge on any atom is 0.319 e. The van der Waals surface area contributed by atoms with Gasteiger partial charge in [0.2, 0.25) is 0 Å². The Balaban J connectivity index is 1.62. The number of hydrogen-bond donors (Lipinski definition) is 1. The predicted molar refractivity (Wildman–Crippen MR) is 136 cm³/mol. The Morgan fingerprint density at radius 3 is 2.69 bits per heavy atom. The van der Waals surface area contributed by atoms with Crippen molar-refractivity contribution in [2.45, 2.75) is 26.3 Å². The number of benzene rings is 2. The van der Waals surface area contributed by atoms with Crippen molar-refractivity contribution < 1.29 is 13.5 Å². The normalized spacial score (nSPS) is 15.9. The molecule has 3 heterocycles. The number of hydrogen-bond acceptors (Lipinski definition) is 7. The lowest BCUT2D eigenvalue weighted by molar-refractivity contribution is 0.294. The van der Waals surface area contributed by atoms with Gasteiger partial charge in [-0.3, -0.25) is 0 Å². The van der Waals surface area contributed by atoms with E-state index in [4.69, 9.17) is 16.3 Å². The Morgan fingerprint density at radius 2 is 1.94 bits per heavy atom. The Morgan fingerprint density at radius 1 is 1.14 bits per heavy atom. The number of nitrogens with zero attached hydrogens (tertiary/aromatic N) is 5. The summed E-state index contributed by atoms with van der Waals surface area (Å²) in [5.41, 5.74) is 0.683. The van der Waals surface area contributed by atoms with E-state index in [0.29, 0.717) is 42.1 Å². The quantitative estimate of drug-likeness (QED) is 0.401. The number of fused-ring (bicyclic) bond motifs is 1. The minimum Gasteiger partial charge on any atom is -0.463 e. The van der Waals surface area contributed by atoms with Crippen molar-refractivity contribution in [3.8, 4) is 17.1 Å². The molecule has 0 spiro atoms. The topological polar surface area (TPSA) is 76.1 Å². The van der Waals surface area contributed by atoms with Gasteiger partial charge in [0, 0.05) is 61.0 Å². The summed E-state index contributed by atoms with van der Waals surface area (Å²) in [6.07, 6.45) is 3.75. The number of ether oxygens (including phenoxy) is 1. The van der Waals surface area contributed by atoms with Crippen LogP contribution < -0.4 is 15.0 Å². The molecule has 5 rings (SSSR count). The van der Waals surface area contributed by atoms with Crippen LogP contribution in [0.5, 0.6) is 6.01 Å². The molecule has 0 amide bonds. The molecule has 10 heteroatoms. The van der Waals surface area contributed by atoms with Crippen molar-refractivity contribution in [3.63, 3.8) is 0 Å². The van der Waals surface area contributed by atoms with Crippen LogP contribution in [0.4, 0.5) is 14.6 Å². The van der Waals surface area contributed by atoms with E-state index < -0.39 is 11.6 Å². The number of nitrogens with one attached hydrogen (secondary N) is 1. The van der Waals surface area contributed by atoms with Gasteiger partial charge in [-0.05, 0) is 37.6 Å². The van der Waals surface area contributed by atoms with Crippen LogP contribution in [0.2, 0.25) is 5.02 Å². The standard InChI is InChI=1S/C26H25ClF2N6O/c1-15-5-3-6-19(28)21(15)22-18(27)13-17-24(23(22)29)33-26(36-12-7-20-31-8-4-9-32-20)34-25(17)35-11-10-30-16(2)14-35/h3-6,8-9,13,16,30H,7,10-12,14H2,1-2H3. The summed E-state index contributed by atoms with van der Waals surface area (Å²) in [5, 5.41) is 3.93.